The van der Waals surface area contributed by atoms with Crippen molar-refractivity contribution in [2.75, 3.05) is 0 Å². The van der Waals surface area contributed by atoms with E-state index in [4.69, 9.17) is 0 Å². The zero-order valence-corrected chi connectivity index (χ0v) is 14.3. The maximum atomic E-state index is 10.3. The molecule has 4 heteroatoms. The van der Waals surface area contributed by atoms with Crippen molar-refractivity contribution in [2.45, 2.75) is 40.0 Å². The van der Waals surface area contributed by atoms with Crippen LogP contribution >= 0.6 is 0 Å². The van der Waals surface area contributed by atoms with E-state index < -0.39 is 0 Å². The van der Waals surface area contributed by atoms with E-state index in [2.05, 4.69) is 44.8 Å². The van der Waals surface area contributed by atoms with Crippen LogP contribution in [-0.2, 0) is 5.41 Å². The lowest BCUT2D eigenvalue weighted by Gasteiger charge is -2.39. The van der Waals surface area contributed by atoms with E-state index >= 15 is 0 Å². The standard InChI is InChI=1S/C19H23N3O/c1-18(2,3)19(4,5)13-10-11-17(23)16(12-13)22-20-14-8-6-7-9-15(14)21-22/h6-12,23H,1-5H3. The molecule has 0 saturated heterocycles. The molecule has 1 aromatic heterocycles. The minimum absolute atomic E-state index is 0.0535. The van der Waals surface area contributed by atoms with Crippen molar-refractivity contribution < 1.29 is 5.11 Å². The molecule has 0 amide bonds. The first-order valence-corrected chi connectivity index (χ1v) is 7.86. The van der Waals surface area contributed by atoms with E-state index in [-0.39, 0.29) is 16.6 Å². The second-order valence-corrected chi connectivity index (χ2v) is 7.56. The summed E-state index contributed by atoms with van der Waals surface area (Å²) in [5.41, 5.74) is 3.42. The highest BCUT2D eigenvalue weighted by molar-refractivity contribution is 5.73. The Hall–Kier alpha value is -2.36. The van der Waals surface area contributed by atoms with Crippen molar-refractivity contribution in [3.05, 3.63) is 48.0 Å². The minimum atomic E-state index is -0.0535. The van der Waals surface area contributed by atoms with E-state index in [0.29, 0.717) is 5.69 Å². The molecule has 23 heavy (non-hydrogen) atoms. The summed E-state index contributed by atoms with van der Waals surface area (Å²) in [5, 5.41) is 19.2. The Morgan fingerprint density at radius 1 is 0.870 bits per heavy atom. The van der Waals surface area contributed by atoms with E-state index in [9.17, 15) is 5.11 Å². The maximum Gasteiger partial charge on any atom is 0.143 e. The molecule has 0 fully saturated rings. The lowest BCUT2D eigenvalue weighted by atomic mass is 9.65. The zero-order valence-electron chi connectivity index (χ0n) is 14.3. The van der Waals surface area contributed by atoms with Gasteiger partial charge in [0.05, 0.1) is 0 Å². The van der Waals surface area contributed by atoms with Crippen LogP contribution in [0.3, 0.4) is 0 Å². The summed E-state index contributed by atoms with van der Waals surface area (Å²) in [5.74, 6) is 0.179. The molecule has 0 aliphatic carbocycles. The van der Waals surface area contributed by atoms with Crippen molar-refractivity contribution in [2.24, 2.45) is 5.41 Å². The fraction of sp³-hybridized carbons (Fsp3) is 0.368. The highest BCUT2D eigenvalue weighted by Gasteiger charge is 2.34. The van der Waals surface area contributed by atoms with Gasteiger partial charge in [-0.1, -0.05) is 52.8 Å². The predicted octanol–water partition coefficient (Wildman–Crippen LogP) is 4.45. The second kappa shape index (κ2) is 5.08. The van der Waals surface area contributed by atoms with Crippen LogP contribution in [0.25, 0.3) is 16.7 Å². The molecule has 3 aromatic rings. The van der Waals surface area contributed by atoms with Gasteiger partial charge >= 0.3 is 0 Å². The first-order valence-electron chi connectivity index (χ1n) is 7.86. The number of phenolic OH excluding ortho intramolecular Hbond substituents is 1. The van der Waals surface area contributed by atoms with Crippen LogP contribution in [0.1, 0.15) is 40.2 Å². The summed E-state index contributed by atoms with van der Waals surface area (Å²) in [4.78, 5) is 1.52. The number of aromatic hydroxyl groups is 1. The molecule has 0 spiro atoms. The average Bonchev–Trinajstić information content (AvgIpc) is 2.89. The van der Waals surface area contributed by atoms with Crippen LogP contribution in [-0.4, -0.2) is 20.1 Å². The Bertz CT molecular complexity index is 823. The summed E-state index contributed by atoms with van der Waals surface area (Å²) in [6, 6.07) is 13.4. The summed E-state index contributed by atoms with van der Waals surface area (Å²) < 4.78 is 0. The van der Waals surface area contributed by atoms with Crippen molar-refractivity contribution in [3.63, 3.8) is 0 Å². The molecule has 0 unspecified atom stereocenters. The first-order chi connectivity index (χ1) is 10.7. The van der Waals surface area contributed by atoms with Gasteiger partial charge in [-0.25, -0.2) is 0 Å². The van der Waals surface area contributed by atoms with Gasteiger partial charge in [0.25, 0.3) is 0 Å². The van der Waals surface area contributed by atoms with Gasteiger partial charge in [-0.2, -0.15) is 0 Å². The number of benzene rings is 2. The first kappa shape index (κ1) is 15.5. The fourth-order valence-corrected chi connectivity index (χ4v) is 2.47. The van der Waals surface area contributed by atoms with Gasteiger partial charge in [0.15, 0.2) is 0 Å². The van der Waals surface area contributed by atoms with Crippen molar-refractivity contribution in [1.82, 2.24) is 15.0 Å². The SMILES string of the molecule is CC(C)(C)C(C)(C)c1ccc(O)c(-n2nc3ccccc3n2)c1. The normalized spacial score (nSPS) is 12.7. The molecule has 3 rings (SSSR count). The zero-order chi connectivity index (χ0) is 16.8. The van der Waals surface area contributed by atoms with E-state index in [0.717, 1.165) is 16.6 Å². The Morgan fingerprint density at radius 2 is 1.43 bits per heavy atom. The van der Waals surface area contributed by atoms with Crippen LogP contribution in [0, 0.1) is 5.41 Å². The molecular weight excluding hydrogens is 286 g/mol. The van der Waals surface area contributed by atoms with Crippen molar-refractivity contribution in [1.29, 1.82) is 0 Å². The lowest BCUT2D eigenvalue weighted by molar-refractivity contribution is 0.225. The molecule has 120 valence electrons. The van der Waals surface area contributed by atoms with Crippen molar-refractivity contribution >= 4 is 11.0 Å². The topological polar surface area (TPSA) is 50.9 Å². The molecule has 0 aliphatic rings. The summed E-state index contributed by atoms with van der Waals surface area (Å²) in [6.45, 7) is 11.1. The highest BCUT2D eigenvalue weighted by Crippen LogP contribution is 2.42. The monoisotopic (exact) mass is 309 g/mol. The number of hydrogen-bond donors (Lipinski definition) is 1. The average molecular weight is 309 g/mol. The third kappa shape index (κ3) is 2.58. The largest absolute Gasteiger partial charge is 0.506 e. The van der Waals surface area contributed by atoms with Crippen LogP contribution < -0.4 is 0 Å². The number of rotatable bonds is 2. The van der Waals surface area contributed by atoms with E-state index in [1.165, 1.54) is 4.80 Å². The van der Waals surface area contributed by atoms with Gasteiger partial charge in [0.2, 0.25) is 0 Å². The summed E-state index contributed by atoms with van der Waals surface area (Å²) >= 11 is 0. The van der Waals surface area contributed by atoms with Gasteiger partial charge in [-0.3, -0.25) is 0 Å². The van der Waals surface area contributed by atoms with Gasteiger partial charge in [-0.15, -0.1) is 15.0 Å². The molecule has 0 saturated carbocycles. The Balaban J connectivity index is 2.15. The van der Waals surface area contributed by atoms with Crippen molar-refractivity contribution in [3.8, 4) is 11.4 Å². The van der Waals surface area contributed by atoms with Gasteiger partial charge in [0, 0.05) is 0 Å². The van der Waals surface area contributed by atoms with Crippen LogP contribution in [0.2, 0.25) is 0 Å². The smallest absolute Gasteiger partial charge is 0.143 e. The fourth-order valence-electron chi connectivity index (χ4n) is 2.47. The maximum absolute atomic E-state index is 10.3. The summed E-state index contributed by atoms with van der Waals surface area (Å²) in [7, 11) is 0. The summed E-state index contributed by atoms with van der Waals surface area (Å²) in [6.07, 6.45) is 0. The Kier molecular flexibility index (Phi) is 3.43. The molecule has 1 heterocycles. The Labute approximate surface area is 136 Å². The van der Waals surface area contributed by atoms with Crippen LogP contribution in [0.15, 0.2) is 42.5 Å². The molecule has 4 nitrogen and oxygen atoms in total. The number of nitrogens with zero attached hydrogens (tertiary/aromatic N) is 3. The lowest BCUT2D eigenvalue weighted by Crippen LogP contribution is -2.34. The van der Waals surface area contributed by atoms with Gasteiger partial charge in [0.1, 0.15) is 22.5 Å². The number of phenols is 1. The highest BCUT2D eigenvalue weighted by atomic mass is 16.3. The third-order valence-electron chi connectivity index (χ3n) is 5.07. The van der Waals surface area contributed by atoms with Crippen LogP contribution in [0.4, 0.5) is 0 Å². The van der Waals surface area contributed by atoms with Gasteiger partial charge < -0.3 is 5.11 Å². The molecule has 2 aromatic carbocycles. The number of aromatic nitrogens is 3. The predicted molar refractivity (Wildman–Crippen MR) is 93.0 cm³/mol. The van der Waals surface area contributed by atoms with Crippen LogP contribution in [0.5, 0.6) is 5.75 Å². The molecule has 0 radical (unpaired) electrons. The molecule has 0 bridgehead atoms. The number of fused-ring (bicyclic) bond motifs is 1. The molecular formula is C19H23N3O. The number of hydrogen-bond acceptors (Lipinski definition) is 3. The molecule has 0 atom stereocenters. The third-order valence-corrected chi connectivity index (χ3v) is 5.07. The second-order valence-electron chi connectivity index (χ2n) is 7.56. The molecule has 1 N–H and O–H groups in total. The quantitative estimate of drug-likeness (QED) is 0.761. The van der Waals surface area contributed by atoms with E-state index in [1.807, 2.05) is 36.4 Å². The van der Waals surface area contributed by atoms with Gasteiger partial charge in [-0.05, 0) is 40.7 Å². The van der Waals surface area contributed by atoms with E-state index in [1.54, 1.807) is 6.07 Å². The molecule has 0 aliphatic heterocycles. The Morgan fingerprint density at radius 3 is 1.96 bits per heavy atom. The minimum Gasteiger partial charge on any atom is -0.506 e.